The van der Waals surface area contributed by atoms with Gasteiger partial charge in [-0.1, -0.05) is 0 Å². The van der Waals surface area contributed by atoms with Gasteiger partial charge in [-0.25, -0.2) is 0 Å². The van der Waals surface area contributed by atoms with Gasteiger partial charge in [0.05, 0.1) is 18.8 Å². The van der Waals surface area contributed by atoms with Crippen LogP contribution in [-0.4, -0.2) is 30.2 Å². The van der Waals surface area contributed by atoms with Crippen LogP contribution in [0.15, 0.2) is 0 Å². The van der Waals surface area contributed by atoms with Gasteiger partial charge in [0.1, 0.15) is 0 Å². The van der Waals surface area contributed by atoms with Crippen molar-refractivity contribution in [3.05, 3.63) is 0 Å². The first-order valence-corrected chi connectivity index (χ1v) is 4.31. The molecule has 3 heterocycles. The number of ether oxygens (including phenoxy) is 2. The summed E-state index contributed by atoms with van der Waals surface area (Å²) in [7, 11) is 0. The number of hydrogen-bond acceptors (Lipinski definition) is 3. The van der Waals surface area contributed by atoms with E-state index in [0.717, 1.165) is 6.42 Å². The van der Waals surface area contributed by atoms with Crippen molar-refractivity contribution in [1.82, 2.24) is 0 Å². The zero-order valence-corrected chi connectivity index (χ0v) is 6.27. The van der Waals surface area contributed by atoms with Gasteiger partial charge in [-0.3, -0.25) is 0 Å². The number of rotatable bonds is 0. The Morgan fingerprint density at radius 2 is 2.00 bits per heavy atom. The molecule has 3 nitrogen and oxygen atoms in total. The number of aliphatic hydroxyl groups is 1. The van der Waals surface area contributed by atoms with E-state index in [2.05, 4.69) is 0 Å². The lowest BCUT2D eigenvalue weighted by Crippen LogP contribution is -2.30. The fraction of sp³-hybridized carbons (Fsp3) is 1.00. The molecule has 3 heteroatoms. The summed E-state index contributed by atoms with van der Waals surface area (Å²) < 4.78 is 10.8. The summed E-state index contributed by atoms with van der Waals surface area (Å²) in [6, 6.07) is 0. The molecule has 0 saturated carbocycles. The van der Waals surface area contributed by atoms with E-state index >= 15 is 0 Å². The predicted molar refractivity (Wildman–Crippen MR) is 36.8 cm³/mol. The Labute approximate surface area is 65.3 Å². The van der Waals surface area contributed by atoms with Gasteiger partial charge in [-0.2, -0.15) is 0 Å². The first-order chi connectivity index (χ1) is 5.36. The van der Waals surface area contributed by atoms with Crippen molar-refractivity contribution >= 4 is 0 Å². The maximum Gasteiger partial charge on any atom is 0.160 e. The van der Waals surface area contributed by atoms with Crippen LogP contribution in [0.1, 0.15) is 12.8 Å². The molecule has 11 heavy (non-hydrogen) atoms. The van der Waals surface area contributed by atoms with Gasteiger partial charge in [-0.05, 0) is 12.8 Å². The quantitative estimate of drug-likeness (QED) is 0.541. The maximum absolute atomic E-state index is 9.42. The number of hydrogen-bond donors (Lipinski definition) is 1. The molecule has 5 atom stereocenters. The molecule has 0 aliphatic carbocycles. The van der Waals surface area contributed by atoms with Crippen molar-refractivity contribution in [2.45, 2.75) is 31.3 Å². The Morgan fingerprint density at radius 3 is 2.82 bits per heavy atom. The molecule has 0 aromatic rings. The molecule has 3 aliphatic rings. The lowest BCUT2D eigenvalue weighted by molar-refractivity contribution is -0.105. The predicted octanol–water partition coefficient (Wildman–Crippen LogP) is 0.129. The Balaban J connectivity index is 1.91. The Kier molecular flexibility index (Phi) is 1.15. The average Bonchev–Trinajstić information content (AvgIpc) is 2.60. The third-order valence-electron chi connectivity index (χ3n) is 3.28. The van der Waals surface area contributed by atoms with Crippen LogP contribution >= 0.6 is 0 Å². The van der Waals surface area contributed by atoms with E-state index in [1.807, 2.05) is 0 Å². The van der Waals surface area contributed by atoms with Gasteiger partial charge in [0.2, 0.25) is 0 Å². The average molecular weight is 156 g/mol. The minimum atomic E-state index is -0.546. The second kappa shape index (κ2) is 1.97. The SMILES string of the molecule is OC1OC[C@H]2C3CCC(O3)C12. The Morgan fingerprint density at radius 1 is 1.18 bits per heavy atom. The van der Waals surface area contributed by atoms with E-state index in [-0.39, 0.29) is 5.92 Å². The highest BCUT2D eigenvalue weighted by molar-refractivity contribution is 4.99. The normalized spacial score (nSPS) is 60.3. The number of fused-ring (bicyclic) bond motifs is 5. The summed E-state index contributed by atoms with van der Waals surface area (Å²) >= 11 is 0. The first-order valence-electron chi connectivity index (χ1n) is 4.31. The number of aliphatic hydroxyl groups excluding tert-OH is 1. The molecule has 0 aromatic heterocycles. The maximum atomic E-state index is 9.42. The van der Waals surface area contributed by atoms with E-state index in [0.29, 0.717) is 24.7 Å². The summed E-state index contributed by atoms with van der Waals surface area (Å²) in [6.45, 7) is 0.701. The van der Waals surface area contributed by atoms with Gasteiger partial charge in [0.15, 0.2) is 6.29 Å². The van der Waals surface area contributed by atoms with Gasteiger partial charge in [-0.15, -0.1) is 0 Å². The lowest BCUT2D eigenvalue weighted by Gasteiger charge is -2.19. The molecule has 3 rings (SSSR count). The highest BCUT2D eigenvalue weighted by Gasteiger charge is 2.55. The largest absolute Gasteiger partial charge is 0.374 e. The van der Waals surface area contributed by atoms with Crippen LogP contribution in [0.3, 0.4) is 0 Å². The van der Waals surface area contributed by atoms with Gasteiger partial charge >= 0.3 is 0 Å². The monoisotopic (exact) mass is 156 g/mol. The van der Waals surface area contributed by atoms with Crippen molar-refractivity contribution in [2.75, 3.05) is 6.61 Å². The summed E-state index contributed by atoms with van der Waals surface area (Å²) in [4.78, 5) is 0. The molecule has 4 unspecified atom stereocenters. The van der Waals surface area contributed by atoms with Crippen LogP contribution in [0.5, 0.6) is 0 Å². The van der Waals surface area contributed by atoms with Crippen LogP contribution in [0.25, 0.3) is 0 Å². The highest BCUT2D eigenvalue weighted by Crippen LogP contribution is 2.48. The first kappa shape index (κ1) is 6.40. The van der Waals surface area contributed by atoms with Crippen molar-refractivity contribution < 1.29 is 14.6 Å². The van der Waals surface area contributed by atoms with E-state index in [1.165, 1.54) is 6.42 Å². The fourth-order valence-electron chi connectivity index (χ4n) is 2.75. The zero-order valence-electron chi connectivity index (χ0n) is 6.27. The Hall–Kier alpha value is -0.120. The van der Waals surface area contributed by atoms with Crippen LogP contribution in [-0.2, 0) is 9.47 Å². The van der Waals surface area contributed by atoms with E-state index in [1.54, 1.807) is 0 Å². The topological polar surface area (TPSA) is 38.7 Å². The van der Waals surface area contributed by atoms with Gasteiger partial charge in [0.25, 0.3) is 0 Å². The molecule has 1 N–H and O–H groups in total. The molecular weight excluding hydrogens is 144 g/mol. The molecule has 0 spiro atoms. The molecule has 3 fully saturated rings. The molecule has 3 aliphatic heterocycles. The zero-order chi connectivity index (χ0) is 7.42. The van der Waals surface area contributed by atoms with Crippen molar-refractivity contribution in [2.24, 2.45) is 11.8 Å². The summed E-state index contributed by atoms with van der Waals surface area (Å²) in [6.07, 6.45) is 2.42. The fourth-order valence-corrected chi connectivity index (χ4v) is 2.75. The highest BCUT2D eigenvalue weighted by atomic mass is 16.6. The summed E-state index contributed by atoms with van der Waals surface area (Å²) in [5.74, 6) is 0.775. The third kappa shape index (κ3) is 0.687. The third-order valence-corrected chi connectivity index (χ3v) is 3.28. The summed E-state index contributed by atoms with van der Waals surface area (Å²) in [5, 5.41) is 9.42. The lowest BCUT2D eigenvalue weighted by atomic mass is 9.81. The van der Waals surface area contributed by atoms with Crippen LogP contribution in [0, 0.1) is 11.8 Å². The minimum absolute atomic E-state index is 0.286. The molecule has 62 valence electrons. The van der Waals surface area contributed by atoms with Crippen molar-refractivity contribution in [1.29, 1.82) is 0 Å². The van der Waals surface area contributed by atoms with Crippen LogP contribution < -0.4 is 0 Å². The molecule has 2 bridgehead atoms. The molecular formula is C8H12O3. The molecule has 3 saturated heterocycles. The minimum Gasteiger partial charge on any atom is -0.374 e. The van der Waals surface area contributed by atoms with Gasteiger partial charge in [0, 0.05) is 11.8 Å². The van der Waals surface area contributed by atoms with Crippen molar-refractivity contribution in [3.8, 4) is 0 Å². The molecule has 0 amide bonds. The molecule has 0 aromatic carbocycles. The summed E-state index contributed by atoms with van der Waals surface area (Å²) in [5.41, 5.74) is 0. The van der Waals surface area contributed by atoms with Gasteiger partial charge < -0.3 is 14.6 Å². The van der Waals surface area contributed by atoms with Crippen molar-refractivity contribution in [3.63, 3.8) is 0 Å². The smallest absolute Gasteiger partial charge is 0.160 e. The van der Waals surface area contributed by atoms with E-state index in [4.69, 9.17) is 9.47 Å². The second-order valence-electron chi connectivity index (χ2n) is 3.76. The van der Waals surface area contributed by atoms with Crippen LogP contribution in [0.4, 0.5) is 0 Å². The second-order valence-corrected chi connectivity index (χ2v) is 3.76. The Bertz CT molecular complexity index is 182. The van der Waals surface area contributed by atoms with E-state index < -0.39 is 6.29 Å². The molecule has 0 radical (unpaired) electrons. The van der Waals surface area contributed by atoms with Crippen LogP contribution in [0.2, 0.25) is 0 Å². The van der Waals surface area contributed by atoms with E-state index in [9.17, 15) is 5.11 Å². The standard InChI is InChI=1S/C8H12O3/c9-8-7-4(3-10-8)5-1-2-6(7)11-5/h4-9H,1-3H2/t4-,5?,6?,7?,8?/m0/s1.